The Morgan fingerprint density at radius 1 is 1.15 bits per heavy atom. The Bertz CT molecular complexity index is 723. The molecule has 0 aliphatic rings. The molecule has 0 saturated heterocycles. The lowest BCUT2D eigenvalue weighted by molar-refractivity contribution is 0.0694. The van der Waals surface area contributed by atoms with Gasteiger partial charge in [0.1, 0.15) is 17.1 Å². The van der Waals surface area contributed by atoms with E-state index in [9.17, 15) is 4.79 Å². The van der Waals surface area contributed by atoms with Gasteiger partial charge in [0.15, 0.2) is 0 Å². The fourth-order valence-corrected chi connectivity index (χ4v) is 2.33. The van der Waals surface area contributed by atoms with Gasteiger partial charge in [0.2, 0.25) is 0 Å². The summed E-state index contributed by atoms with van der Waals surface area (Å²) in [6, 6.07) is 11.5. The van der Waals surface area contributed by atoms with E-state index in [0.29, 0.717) is 20.3 Å². The van der Waals surface area contributed by atoms with Crippen LogP contribution in [0.3, 0.4) is 0 Å². The largest absolute Gasteiger partial charge is 0.478 e. The SMILES string of the molecule is N#Cc1ccc(Oc2cc(Br)ccc2C(=O)O)c(Br)c1. The van der Waals surface area contributed by atoms with Crippen LogP contribution in [-0.4, -0.2) is 11.1 Å². The number of hydrogen-bond acceptors (Lipinski definition) is 3. The Morgan fingerprint density at radius 3 is 2.50 bits per heavy atom. The first kappa shape index (κ1) is 14.6. The average molecular weight is 397 g/mol. The third kappa shape index (κ3) is 3.18. The molecule has 2 aromatic rings. The van der Waals surface area contributed by atoms with Crippen LogP contribution >= 0.6 is 31.9 Å². The molecule has 100 valence electrons. The van der Waals surface area contributed by atoms with Crippen molar-refractivity contribution in [3.05, 3.63) is 56.5 Å². The second-order valence-corrected chi connectivity index (χ2v) is 5.57. The number of halogens is 2. The number of rotatable bonds is 3. The monoisotopic (exact) mass is 395 g/mol. The van der Waals surface area contributed by atoms with E-state index in [1.807, 2.05) is 6.07 Å². The first-order valence-electron chi connectivity index (χ1n) is 5.41. The van der Waals surface area contributed by atoms with Crippen LogP contribution in [0, 0.1) is 11.3 Å². The second-order valence-electron chi connectivity index (χ2n) is 3.80. The Balaban J connectivity index is 2.42. The van der Waals surface area contributed by atoms with Crippen molar-refractivity contribution in [1.29, 1.82) is 5.26 Å². The first-order valence-corrected chi connectivity index (χ1v) is 7.00. The molecule has 2 rings (SSSR count). The highest BCUT2D eigenvalue weighted by molar-refractivity contribution is 9.10. The van der Waals surface area contributed by atoms with Crippen molar-refractivity contribution in [3.8, 4) is 17.6 Å². The highest BCUT2D eigenvalue weighted by Gasteiger charge is 2.14. The number of carboxylic acid groups (broad SMARTS) is 1. The zero-order chi connectivity index (χ0) is 14.7. The van der Waals surface area contributed by atoms with Gasteiger partial charge in [-0.3, -0.25) is 0 Å². The van der Waals surface area contributed by atoms with Crippen molar-refractivity contribution in [3.63, 3.8) is 0 Å². The molecule has 0 aliphatic carbocycles. The molecule has 1 N–H and O–H groups in total. The van der Waals surface area contributed by atoms with E-state index in [1.54, 1.807) is 30.3 Å². The Morgan fingerprint density at radius 2 is 1.90 bits per heavy atom. The minimum absolute atomic E-state index is 0.0597. The molecule has 0 saturated carbocycles. The van der Waals surface area contributed by atoms with Crippen molar-refractivity contribution in [2.24, 2.45) is 0 Å². The molecule has 6 heteroatoms. The van der Waals surface area contributed by atoms with Crippen LogP contribution < -0.4 is 4.74 Å². The van der Waals surface area contributed by atoms with Crippen LogP contribution in [0.2, 0.25) is 0 Å². The van der Waals surface area contributed by atoms with Crippen molar-refractivity contribution in [2.75, 3.05) is 0 Å². The number of benzene rings is 2. The summed E-state index contributed by atoms with van der Waals surface area (Å²) in [5.74, 6) is -0.417. The molecule has 0 radical (unpaired) electrons. The molecule has 0 spiro atoms. The van der Waals surface area contributed by atoms with Crippen molar-refractivity contribution >= 4 is 37.8 Å². The summed E-state index contributed by atoms with van der Waals surface area (Å²) in [4.78, 5) is 11.2. The van der Waals surface area contributed by atoms with Crippen LogP contribution in [0.1, 0.15) is 15.9 Å². The molecular formula is C14H7Br2NO3. The molecule has 0 amide bonds. The lowest BCUT2D eigenvalue weighted by Gasteiger charge is -2.10. The smallest absolute Gasteiger partial charge is 0.339 e. The minimum Gasteiger partial charge on any atom is -0.478 e. The fourth-order valence-electron chi connectivity index (χ4n) is 1.53. The van der Waals surface area contributed by atoms with E-state index < -0.39 is 5.97 Å². The van der Waals surface area contributed by atoms with Gasteiger partial charge in [-0.25, -0.2) is 4.79 Å². The van der Waals surface area contributed by atoms with Gasteiger partial charge in [0.25, 0.3) is 0 Å². The summed E-state index contributed by atoms with van der Waals surface area (Å²) in [6.45, 7) is 0. The molecule has 0 aliphatic heterocycles. The molecule has 0 bridgehead atoms. The summed E-state index contributed by atoms with van der Waals surface area (Å²) in [7, 11) is 0. The molecule has 0 atom stereocenters. The van der Waals surface area contributed by atoms with Crippen molar-refractivity contribution < 1.29 is 14.6 Å². The second kappa shape index (κ2) is 6.07. The van der Waals surface area contributed by atoms with E-state index in [0.717, 1.165) is 0 Å². The van der Waals surface area contributed by atoms with Gasteiger partial charge in [-0.05, 0) is 52.3 Å². The van der Waals surface area contributed by atoms with Gasteiger partial charge >= 0.3 is 5.97 Å². The Kier molecular flexibility index (Phi) is 4.42. The summed E-state index contributed by atoms with van der Waals surface area (Å²) in [5, 5.41) is 17.9. The third-order valence-electron chi connectivity index (χ3n) is 2.45. The third-order valence-corrected chi connectivity index (χ3v) is 3.57. The van der Waals surface area contributed by atoms with Gasteiger partial charge in [-0.1, -0.05) is 15.9 Å². The number of hydrogen-bond donors (Lipinski definition) is 1. The highest BCUT2D eigenvalue weighted by atomic mass is 79.9. The van der Waals surface area contributed by atoms with Gasteiger partial charge in [0.05, 0.1) is 16.1 Å². The minimum atomic E-state index is -1.07. The van der Waals surface area contributed by atoms with E-state index in [2.05, 4.69) is 31.9 Å². The maximum absolute atomic E-state index is 11.2. The molecule has 0 unspecified atom stereocenters. The lowest BCUT2D eigenvalue weighted by atomic mass is 10.2. The number of ether oxygens (including phenoxy) is 1. The van der Waals surface area contributed by atoms with Crippen LogP contribution in [0.5, 0.6) is 11.5 Å². The van der Waals surface area contributed by atoms with Crippen LogP contribution in [0.25, 0.3) is 0 Å². The van der Waals surface area contributed by atoms with Crippen LogP contribution in [0.15, 0.2) is 45.3 Å². The summed E-state index contributed by atoms with van der Waals surface area (Å²) in [5.41, 5.74) is 0.543. The van der Waals surface area contributed by atoms with E-state index in [4.69, 9.17) is 15.1 Å². The number of aromatic carboxylic acids is 1. The first-order chi connectivity index (χ1) is 9.51. The highest BCUT2D eigenvalue weighted by Crippen LogP contribution is 2.33. The normalized spacial score (nSPS) is 9.85. The predicted octanol–water partition coefficient (Wildman–Crippen LogP) is 4.57. The zero-order valence-electron chi connectivity index (χ0n) is 9.93. The van der Waals surface area contributed by atoms with E-state index in [-0.39, 0.29) is 11.3 Å². The number of carbonyl (C=O) groups is 1. The summed E-state index contributed by atoms with van der Waals surface area (Å²) >= 11 is 6.56. The maximum atomic E-state index is 11.2. The lowest BCUT2D eigenvalue weighted by Crippen LogP contribution is -2.00. The molecule has 0 heterocycles. The van der Waals surface area contributed by atoms with Crippen molar-refractivity contribution in [1.82, 2.24) is 0 Å². The number of nitrogens with zero attached hydrogens (tertiary/aromatic N) is 1. The topological polar surface area (TPSA) is 70.3 Å². The number of carboxylic acids is 1. The predicted molar refractivity (Wildman–Crippen MR) is 80.0 cm³/mol. The van der Waals surface area contributed by atoms with Gasteiger partial charge in [0, 0.05) is 4.47 Å². The van der Waals surface area contributed by atoms with E-state index >= 15 is 0 Å². The van der Waals surface area contributed by atoms with Crippen LogP contribution in [0.4, 0.5) is 0 Å². The molecule has 20 heavy (non-hydrogen) atoms. The molecule has 0 aromatic heterocycles. The quantitative estimate of drug-likeness (QED) is 0.824. The molecule has 0 fully saturated rings. The molecular weight excluding hydrogens is 390 g/mol. The van der Waals surface area contributed by atoms with Crippen molar-refractivity contribution in [2.45, 2.75) is 0 Å². The Labute approximate surface area is 131 Å². The van der Waals surface area contributed by atoms with E-state index in [1.165, 1.54) is 6.07 Å². The average Bonchev–Trinajstić information content (AvgIpc) is 2.40. The maximum Gasteiger partial charge on any atom is 0.339 e. The fraction of sp³-hybridized carbons (Fsp3) is 0. The van der Waals surface area contributed by atoms with Crippen LogP contribution in [-0.2, 0) is 0 Å². The standard InChI is InChI=1S/C14H7Br2NO3/c15-9-2-3-10(14(18)19)13(6-9)20-12-4-1-8(7-17)5-11(12)16/h1-6H,(H,18,19). The molecule has 2 aromatic carbocycles. The number of nitriles is 1. The summed E-state index contributed by atoms with van der Waals surface area (Å²) < 4.78 is 6.90. The zero-order valence-corrected chi connectivity index (χ0v) is 13.1. The van der Waals surface area contributed by atoms with Gasteiger partial charge < -0.3 is 9.84 Å². The summed E-state index contributed by atoms with van der Waals surface area (Å²) in [6.07, 6.45) is 0. The molecule has 4 nitrogen and oxygen atoms in total. The van der Waals surface area contributed by atoms with Gasteiger partial charge in [-0.15, -0.1) is 0 Å². The van der Waals surface area contributed by atoms with Gasteiger partial charge in [-0.2, -0.15) is 5.26 Å². The Hall–Kier alpha value is -1.84.